The summed E-state index contributed by atoms with van der Waals surface area (Å²) >= 11 is 0. The first-order valence-electron chi connectivity index (χ1n) is 9.56. The SMILES string of the molecule is Cl.Cn1cc(C2=NC3(CCCCC3)N=C2c2ccccc2)c2ccccc21. The first kappa shape index (κ1) is 18.0. The maximum atomic E-state index is 5.27. The molecule has 1 saturated carbocycles. The Bertz CT molecular complexity index is 1020. The van der Waals surface area contributed by atoms with E-state index in [-0.39, 0.29) is 18.1 Å². The molecule has 0 radical (unpaired) electrons. The van der Waals surface area contributed by atoms with Gasteiger partial charge in [0.1, 0.15) is 0 Å². The minimum Gasteiger partial charge on any atom is -0.350 e. The van der Waals surface area contributed by atoms with Gasteiger partial charge in [-0.25, -0.2) is 0 Å². The molecule has 2 heterocycles. The van der Waals surface area contributed by atoms with E-state index in [9.17, 15) is 0 Å². The largest absolute Gasteiger partial charge is 0.350 e. The summed E-state index contributed by atoms with van der Waals surface area (Å²) in [6, 6.07) is 19.1. The molecule has 3 aromatic rings. The number of aromatic nitrogens is 1. The number of fused-ring (bicyclic) bond motifs is 1. The monoisotopic (exact) mass is 377 g/mol. The van der Waals surface area contributed by atoms with Gasteiger partial charge in [-0.1, -0.05) is 55.0 Å². The lowest BCUT2D eigenvalue weighted by Gasteiger charge is -2.27. The molecule has 5 rings (SSSR count). The van der Waals surface area contributed by atoms with Crippen molar-refractivity contribution in [2.45, 2.75) is 37.8 Å². The number of halogens is 1. The lowest BCUT2D eigenvalue weighted by Crippen LogP contribution is -2.25. The summed E-state index contributed by atoms with van der Waals surface area (Å²) in [5.74, 6) is 0. The highest BCUT2D eigenvalue weighted by Crippen LogP contribution is 2.39. The Morgan fingerprint density at radius 3 is 2.26 bits per heavy atom. The van der Waals surface area contributed by atoms with Crippen molar-refractivity contribution in [3.05, 3.63) is 71.9 Å². The third-order valence-corrected chi connectivity index (χ3v) is 5.72. The van der Waals surface area contributed by atoms with E-state index in [1.165, 1.54) is 41.3 Å². The standard InChI is InChI=1S/C23H23N3.ClH/c1-26-16-19(18-12-6-7-13-20(18)26)22-21(17-10-4-2-5-11-17)24-23(25-22)14-8-3-9-15-23;/h2,4-7,10-13,16H,3,8-9,14-15H2,1H3;1H. The topological polar surface area (TPSA) is 29.6 Å². The summed E-state index contributed by atoms with van der Waals surface area (Å²) < 4.78 is 2.20. The summed E-state index contributed by atoms with van der Waals surface area (Å²) in [4.78, 5) is 10.5. The average Bonchev–Trinajstić information content (AvgIpc) is 3.22. The summed E-state index contributed by atoms with van der Waals surface area (Å²) in [6.45, 7) is 0. The summed E-state index contributed by atoms with van der Waals surface area (Å²) in [5, 5.41) is 1.25. The lowest BCUT2D eigenvalue weighted by molar-refractivity contribution is 0.316. The maximum absolute atomic E-state index is 5.27. The van der Waals surface area contributed by atoms with Crippen LogP contribution < -0.4 is 0 Å². The highest BCUT2D eigenvalue weighted by atomic mass is 35.5. The molecule has 3 nitrogen and oxygen atoms in total. The van der Waals surface area contributed by atoms with Crippen LogP contribution in [0.3, 0.4) is 0 Å². The van der Waals surface area contributed by atoms with Gasteiger partial charge < -0.3 is 4.57 Å². The van der Waals surface area contributed by atoms with E-state index in [4.69, 9.17) is 9.98 Å². The number of benzene rings is 2. The van der Waals surface area contributed by atoms with E-state index >= 15 is 0 Å². The van der Waals surface area contributed by atoms with Crippen LogP contribution in [0.2, 0.25) is 0 Å². The number of para-hydroxylation sites is 1. The molecular formula is C23H24ClN3. The number of aryl methyl sites for hydroxylation is 1. The van der Waals surface area contributed by atoms with Crippen molar-refractivity contribution in [3.8, 4) is 0 Å². The molecule has 2 aromatic carbocycles. The van der Waals surface area contributed by atoms with Gasteiger partial charge in [-0.2, -0.15) is 0 Å². The van der Waals surface area contributed by atoms with Crippen LogP contribution in [0.15, 0.2) is 70.8 Å². The zero-order chi connectivity index (χ0) is 17.6. The van der Waals surface area contributed by atoms with Crippen LogP contribution >= 0.6 is 12.4 Å². The molecule has 1 spiro atoms. The maximum Gasteiger partial charge on any atom is 0.151 e. The van der Waals surface area contributed by atoms with E-state index in [1.54, 1.807) is 0 Å². The second kappa shape index (κ2) is 6.97. The predicted octanol–water partition coefficient (Wildman–Crippen LogP) is 5.55. The molecule has 27 heavy (non-hydrogen) atoms. The molecular weight excluding hydrogens is 354 g/mol. The molecule has 1 aromatic heterocycles. The van der Waals surface area contributed by atoms with Gasteiger partial charge in [-0.15, -0.1) is 12.4 Å². The first-order chi connectivity index (χ1) is 12.8. The third kappa shape index (κ3) is 3.00. The van der Waals surface area contributed by atoms with E-state index < -0.39 is 0 Å². The molecule has 0 amide bonds. The fourth-order valence-corrected chi connectivity index (χ4v) is 4.40. The Morgan fingerprint density at radius 2 is 1.48 bits per heavy atom. The van der Waals surface area contributed by atoms with Gasteiger partial charge in [0.2, 0.25) is 0 Å². The smallest absolute Gasteiger partial charge is 0.151 e. The molecule has 0 N–H and O–H groups in total. The first-order valence-corrected chi connectivity index (χ1v) is 9.56. The number of hydrogen-bond acceptors (Lipinski definition) is 2. The molecule has 0 bridgehead atoms. The zero-order valence-corrected chi connectivity index (χ0v) is 16.4. The van der Waals surface area contributed by atoms with Gasteiger partial charge >= 0.3 is 0 Å². The Balaban J connectivity index is 0.00000180. The molecule has 0 unspecified atom stereocenters. The van der Waals surface area contributed by atoms with Crippen LogP contribution in [0, 0.1) is 0 Å². The van der Waals surface area contributed by atoms with E-state index in [2.05, 4.69) is 72.4 Å². The van der Waals surface area contributed by atoms with Crippen molar-refractivity contribution in [3.63, 3.8) is 0 Å². The van der Waals surface area contributed by atoms with E-state index in [0.717, 1.165) is 24.3 Å². The Kier molecular flexibility index (Phi) is 4.65. The van der Waals surface area contributed by atoms with Crippen LogP contribution in [0.25, 0.3) is 10.9 Å². The minimum atomic E-state index is -0.240. The lowest BCUT2D eigenvalue weighted by atomic mass is 9.90. The number of aliphatic imine (C=N–C) groups is 2. The molecule has 2 aliphatic rings. The number of nitrogens with zero attached hydrogens (tertiary/aromatic N) is 3. The van der Waals surface area contributed by atoms with Crippen molar-refractivity contribution < 1.29 is 0 Å². The predicted molar refractivity (Wildman–Crippen MR) is 115 cm³/mol. The van der Waals surface area contributed by atoms with E-state index in [1.807, 2.05) is 0 Å². The fourth-order valence-electron chi connectivity index (χ4n) is 4.40. The van der Waals surface area contributed by atoms with Crippen molar-refractivity contribution in [2.24, 2.45) is 17.0 Å². The van der Waals surface area contributed by atoms with Gasteiger partial charge in [0.15, 0.2) is 5.66 Å². The van der Waals surface area contributed by atoms with Crippen molar-refractivity contribution >= 4 is 34.7 Å². The highest BCUT2D eigenvalue weighted by Gasteiger charge is 2.38. The Labute approximate surface area is 166 Å². The second-order valence-corrected chi connectivity index (χ2v) is 7.50. The minimum absolute atomic E-state index is 0. The van der Waals surface area contributed by atoms with Crippen LogP contribution in [-0.4, -0.2) is 21.7 Å². The quantitative estimate of drug-likeness (QED) is 0.560. The van der Waals surface area contributed by atoms with Gasteiger partial charge in [-0.3, -0.25) is 9.98 Å². The molecule has 1 aliphatic carbocycles. The van der Waals surface area contributed by atoms with E-state index in [0.29, 0.717) is 0 Å². The summed E-state index contributed by atoms with van der Waals surface area (Å²) in [5.41, 5.74) is 5.49. The van der Waals surface area contributed by atoms with Gasteiger partial charge in [0.25, 0.3) is 0 Å². The average molecular weight is 378 g/mol. The highest BCUT2D eigenvalue weighted by molar-refractivity contribution is 6.56. The van der Waals surface area contributed by atoms with Crippen molar-refractivity contribution in [1.82, 2.24) is 4.57 Å². The Morgan fingerprint density at radius 1 is 0.815 bits per heavy atom. The third-order valence-electron chi connectivity index (χ3n) is 5.72. The van der Waals surface area contributed by atoms with Crippen LogP contribution in [0.5, 0.6) is 0 Å². The Hall–Kier alpha value is -2.39. The van der Waals surface area contributed by atoms with Crippen molar-refractivity contribution in [2.75, 3.05) is 0 Å². The number of rotatable bonds is 2. The summed E-state index contributed by atoms with van der Waals surface area (Å²) in [7, 11) is 2.11. The second-order valence-electron chi connectivity index (χ2n) is 7.50. The molecule has 4 heteroatoms. The van der Waals surface area contributed by atoms with Gasteiger partial charge in [0.05, 0.1) is 11.4 Å². The molecule has 0 saturated heterocycles. The number of hydrogen-bond donors (Lipinski definition) is 0. The molecule has 1 aliphatic heterocycles. The fraction of sp³-hybridized carbons (Fsp3) is 0.304. The van der Waals surface area contributed by atoms with Gasteiger partial charge in [-0.05, 0) is 31.7 Å². The van der Waals surface area contributed by atoms with Crippen molar-refractivity contribution in [1.29, 1.82) is 0 Å². The molecule has 1 fully saturated rings. The van der Waals surface area contributed by atoms with Crippen LogP contribution in [0.1, 0.15) is 43.2 Å². The molecule has 138 valence electrons. The molecule has 0 atom stereocenters. The zero-order valence-electron chi connectivity index (χ0n) is 15.6. The van der Waals surface area contributed by atoms with Crippen LogP contribution in [-0.2, 0) is 7.05 Å². The van der Waals surface area contributed by atoms with Crippen LogP contribution in [0.4, 0.5) is 0 Å². The summed E-state index contributed by atoms with van der Waals surface area (Å²) in [6.07, 6.45) is 8.09. The normalized spacial score (nSPS) is 18.3. The van der Waals surface area contributed by atoms with Gasteiger partial charge in [0, 0.05) is 35.3 Å².